The van der Waals surface area contributed by atoms with Gasteiger partial charge in [0.2, 0.25) is 11.6 Å². The number of methoxy groups -OCH3 is 2. The molecule has 1 heterocycles. The molecule has 6 heteroatoms. The van der Waals surface area contributed by atoms with Gasteiger partial charge in [-0.05, 0) is 36.4 Å². The highest BCUT2D eigenvalue weighted by molar-refractivity contribution is 5.53. The first-order chi connectivity index (χ1) is 11.7. The van der Waals surface area contributed by atoms with Gasteiger partial charge < -0.3 is 18.6 Å². The van der Waals surface area contributed by atoms with Gasteiger partial charge in [-0.25, -0.2) is 9.37 Å². The summed E-state index contributed by atoms with van der Waals surface area (Å²) in [5.41, 5.74) is 1.29. The number of rotatable bonds is 6. The first-order valence-electron chi connectivity index (χ1n) is 7.25. The molecular weight excluding hydrogens is 313 g/mol. The molecule has 24 heavy (non-hydrogen) atoms. The molecular formula is C18H16FNO4. The van der Waals surface area contributed by atoms with E-state index >= 15 is 0 Å². The number of para-hydroxylation sites is 1. The molecule has 124 valence electrons. The molecule has 5 nitrogen and oxygen atoms in total. The van der Waals surface area contributed by atoms with Gasteiger partial charge >= 0.3 is 0 Å². The molecule has 2 aromatic carbocycles. The fourth-order valence-electron chi connectivity index (χ4n) is 2.20. The summed E-state index contributed by atoms with van der Waals surface area (Å²) in [6, 6.07) is 11.3. The first-order valence-corrected chi connectivity index (χ1v) is 7.25. The molecule has 0 aliphatic carbocycles. The Morgan fingerprint density at radius 1 is 1.00 bits per heavy atom. The van der Waals surface area contributed by atoms with E-state index in [-0.39, 0.29) is 12.4 Å². The Bertz CT molecular complexity index is 792. The average Bonchev–Trinajstić information content (AvgIpc) is 3.09. The van der Waals surface area contributed by atoms with Crippen LogP contribution < -0.4 is 14.2 Å². The van der Waals surface area contributed by atoms with Gasteiger partial charge in [0.15, 0.2) is 11.5 Å². The Kier molecular flexibility index (Phi) is 4.65. The lowest BCUT2D eigenvalue weighted by Gasteiger charge is -2.13. The number of halogens is 1. The molecule has 3 aromatic rings. The van der Waals surface area contributed by atoms with E-state index in [1.54, 1.807) is 38.5 Å². The van der Waals surface area contributed by atoms with Crippen LogP contribution in [0.3, 0.4) is 0 Å². The van der Waals surface area contributed by atoms with E-state index in [0.717, 1.165) is 0 Å². The number of aromatic nitrogens is 1. The van der Waals surface area contributed by atoms with Crippen molar-refractivity contribution in [3.05, 3.63) is 60.2 Å². The molecule has 0 aliphatic heterocycles. The molecule has 0 radical (unpaired) electrons. The molecule has 0 saturated carbocycles. The smallest absolute Gasteiger partial charge is 0.226 e. The van der Waals surface area contributed by atoms with E-state index in [1.807, 2.05) is 6.07 Å². The Hall–Kier alpha value is -3.02. The highest BCUT2D eigenvalue weighted by Gasteiger charge is 2.13. The number of oxazole rings is 1. The summed E-state index contributed by atoms with van der Waals surface area (Å²) in [6.45, 7) is 0.182. The lowest BCUT2D eigenvalue weighted by molar-refractivity contribution is 0.262. The summed E-state index contributed by atoms with van der Waals surface area (Å²) in [5, 5.41) is 0. The fourth-order valence-corrected chi connectivity index (χ4v) is 2.20. The van der Waals surface area contributed by atoms with Crippen molar-refractivity contribution in [1.82, 2.24) is 4.98 Å². The predicted molar refractivity (Wildman–Crippen MR) is 85.8 cm³/mol. The zero-order valence-corrected chi connectivity index (χ0v) is 13.3. The van der Waals surface area contributed by atoms with Crippen molar-refractivity contribution in [3.8, 4) is 28.7 Å². The summed E-state index contributed by atoms with van der Waals surface area (Å²) in [5.74, 6) is 1.72. The molecule has 1 aromatic heterocycles. The average molecular weight is 329 g/mol. The molecule has 0 bridgehead atoms. The minimum absolute atomic E-state index is 0.182. The summed E-state index contributed by atoms with van der Waals surface area (Å²) in [6.07, 6.45) is 1.50. The maximum absolute atomic E-state index is 13.0. The zero-order chi connectivity index (χ0) is 16.9. The topological polar surface area (TPSA) is 53.7 Å². The second-order valence-electron chi connectivity index (χ2n) is 4.93. The van der Waals surface area contributed by atoms with Gasteiger partial charge in [0.05, 0.1) is 14.2 Å². The second kappa shape index (κ2) is 7.04. The Balaban J connectivity index is 1.75. The van der Waals surface area contributed by atoms with Crippen LogP contribution in [-0.4, -0.2) is 19.2 Å². The van der Waals surface area contributed by atoms with E-state index in [2.05, 4.69) is 4.98 Å². The van der Waals surface area contributed by atoms with Crippen molar-refractivity contribution in [2.75, 3.05) is 14.2 Å². The van der Waals surface area contributed by atoms with Gasteiger partial charge in [-0.2, -0.15) is 0 Å². The normalized spacial score (nSPS) is 10.5. The SMILES string of the molecule is COc1cccc(OC)c1OCc1coc(-c2ccc(F)cc2)n1. The molecule has 0 atom stereocenters. The van der Waals surface area contributed by atoms with E-state index in [1.165, 1.54) is 18.4 Å². The zero-order valence-electron chi connectivity index (χ0n) is 13.3. The molecule has 0 spiro atoms. The number of nitrogens with zero attached hydrogens (tertiary/aromatic N) is 1. The Morgan fingerprint density at radius 3 is 2.29 bits per heavy atom. The lowest BCUT2D eigenvalue weighted by Crippen LogP contribution is -2.00. The van der Waals surface area contributed by atoms with Gasteiger partial charge in [0.1, 0.15) is 24.4 Å². The summed E-state index contributed by atoms with van der Waals surface area (Å²) in [7, 11) is 3.12. The van der Waals surface area contributed by atoms with Gasteiger partial charge in [0.25, 0.3) is 0 Å². The van der Waals surface area contributed by atoms with Crippen molar-refractivity contribution >= 4 is 0 Å². The summed E-state index contributed by atoms with van der Waals surface area (Å²) < 4.78 is 34.7. The molecule has 0 N–H and O–H groups in total. The molecule has 3 rings (SSSR count). The fraction of sp³-hybridized carbons (Fsp3) is 0.167. The molecule has 0 aliphatic rings. The van der Waals surface area contributed by atoms with Crippen LogP contribution in [0.15, 0.2) is 53.1 Å². The Labute approximate surface area is 138 Å². The quantitative estimate of drug-likeness (QED) is 0.682. The van der Waals surface area contributed by atoms with Crippen LogP contribution in [0.5, 0.6) is 17.2 Å². The van der Waals surface area contributed by atoms with Crippen LogP contribution in [0.4, 0.5) is 4.39 Å². The van der Waals surface area contributed by atoms with E-state index in [4.69, 9.17) is 18.6 Å². The van der Waals surface area contributed by atoms with Crippen molar-refractivity contribution in [3.63, 3.8) is 0 Å². The van der Waals surface area contributed by atoms with E-state index in [9.17, 15) is 4.39 Å². The van der Waals surface area contributed by atoms with Crippen molar-refractivity contribution in [2.45, 2.75) is 6.61 Å². The molecule has 0 fully saturated rings. The van der Waals surface area contributed by atoms with Gasteiger partial charge in [-0.3, -0.25) is 0 Å². The monoisotopic (exact) mass is 329 g/mol. The third-order valence-electron chi connectivity index (χ3n) is 3.39. The molecule has 0 unspecified atom stereocenters. The minimum atomic E-state index is -0.308. The highest BCUT2D eigenvalue weighted by atomic mass is 19.1. The number of hydrogen-bond donors (Lipinski definition) is 0. The van der Waals surface area contributed by atoms with E-state index in [0.29, 0.717) is 34.4 Å². The Morgan fingerprint density at radius 2 is 1.67 bits per heavy atom. The first kappa shape index (κ1) is 15.9. The van der Waals surface area contributed by atoms with Crippen LogP contribution in [0.25, 0.3) is 11.5 Å². The maximum Gasteiger partial charge on any atom is 0.226 e. The second-order valence-corrected chi connectivity index (χ2v) is 4.93. The summed E-state index contributed by atoms with van der Waals surface area (Å²) >= 11 is 0. The number of ether oxygens (including phenoxy) is 3. The largest absolute Gasteiger partial charge is 0.493 e. The standard InChI is InChI=1S/C18H16FNO4/c1-21-15-4-3-5-16(22-2)17(15)23-10-14-11-24-18(20-14)12-6-8-13(19)9-7-12/h3-9,11H,10H2,1-2H3. The number of benzene rings is 2. The van der Waals surface area contributed by atoms with Crippen LogP contribution in [-0.2, 0) is 6.61 Å². The van der Waals surface area contributed by atoms with Crippen LogP contribution in [0.1, 0.15) is 5.69 Å². The highest BCUT2D eigenvalue weighted by Crippen LogP contribution is 2.37. The van der Waals surface area contributed by atoms with E-state index < -0.39 is 0 Å². The predicted octanol–water partition coefficient (Wildman–Crippen LogP) is 4.08. The number of hydrogen-bond acceptors (Lipinski definition) is 5. The maximum atomic E-state index is 13.0. The van der Waals surface area contributed by atoms with Crippen LogP contribution in [0, 0.1) is 5.82 Å². The van der Waals surface area contributed by atoms with Crippen molar-refractivity contribution in [2.24, 2.45) is 0 Å². The van der Waals surface area contributed by atoms with Gasteiger partial charge in [0, 0.05) is 5.56 Å². The van der Waals surface area contributed by atoms with Gasteiger partial charge in [-0.15, -0.1) is 0 Å². The van der Waals surface area contributed by atoms with Crippen molar-refractivity contribution < 1.29 is 23.0 Å². The van der Waals surface area contributed by atoms with Crippen LogP contribution >= 0.6 is 0 Å². The van der Waals surface area contributed by atoms with Gasteiger partial charge in [-0.1, -0.05) is 6.07 Å². The lowest BCUT2D eigenvalue weighted by atomic mass is 10.2. The van der Waals surface area contributed by atoms with Crippen LogP contribution in [0.2, 0.25) is 0 Å². The third kappa shape index (κ3) is 3.32. The third-order valence-corrected chi connectivity index (χ3v) is 3.39. The molecule has 0 amide bonds. The van der Waals surface area contributed by atoms with Crippen molar-refractivity contribution in [1.29, 1.82) is 0 Å². The molecule has 0 saturated heterocycles. The summed E-state index contributed by atoms with van der Waals surface area (Å²) in [4.78, 5) is 4.34. The minimum Gasteiger partial charge on any atom is -0.493 e.